The van der Waals surface area contributed by atoms with Gasteiger partial charge in [-0.05, 0) is 22.7 Å². The zero-order valence-corrected chi connectivity index (χ0v) is 11.4. The van der Waals surface area contributed by atoms with Gasteiger partial charge < -0.3 is 10.0 Å². The Kier molecular flexibility index (Phi) is 3.39. The van der Waals surface area contributed by atoms with Crippen LogP contribution in [0.4, 0.5) is 0 Å². The van der Waals surface area contributed by atoms with E-state index in [2.05, 4.69) is 27.7 Å². The van der Waals surface area contributed by atoms with E-state index in [-0.39, 0.29) is 29.3 Å². The Hall–Kier alpha value is -0.570. The van der Waals surface area contributed by atoms with Gasteiger partial charge in [-0.2, -0.15) is 0 Å². The van der Waals surface area contributed by atoms with Crippen molar-refractivity contribution in [1.29, 1.82) is 0 Å². The second-order valence-electron chi connectivity index (χ2n) is 6.33. The van der Waals surface area contributed by atoms with Gasteiger partial charge in [0.15, 0.2) is 0 Å². The van der Waals surface area contributed by atoms with Gasteiger partial charge in [0.1, 0.15) is 0 Å². The molecule has 0 aromatic heterocycles. The quantitative estimate of drug-likeness (QED) is 0.798. The fourth-order valence-corrected chi connectivity index (χ4v) is 2.99. The van der Waals surface area contributed by atoms with Crippen LogP contribution in [0.2, 0.25) is 0 Å². The summed E-state index contributed by atoms with van der Waals surface area (Å²) < 4.78 is 0. The molecule has 0 aromatic carbocycles. The summed E-state index contributed by atoms with van der Waals surface area (Å²) in [5.41, 5.74) is 0.227. The van der Waals surface area contributed by atoms with E-state index in [9.17, 15) is 9.90 Å². The summed E-state index contributed by atoms with van der Waals surface area (Å²) in [5.74, 6) is 0.695. The number of nitrogens with zero attached hydrogens (tertiary/aromatic N) is 1. The first kappa shape index (κ1) is 13.5. The van der Waals surface area contributed by atoms with Crippen LogP contribution in [0.25, 0.3) is 0 Å². The lowest BCUT2D eigenvalue weighted by Gasteiger charge is -2.64. The van der Waals surface area contributed by atoms with E-state index in [1.54, 1.807) is 19.0 Å². The summed E-state index contributed by atoms with van der Waals surface area (Å²) in [4.78, 5) is 13.4. The first-order chi connectivity index (χ1) is 7.16. The highest BCUT2D eigenvalue weighted by atomic mass is 16.3. The predicted octanol–water partition coefficient (Wildman–Crippen LogP) is 1.76. The van der Waals surface area contributed by atoms with Gasteiger partial charge in [0, 0.05) is 27.1 Å². The third kappa shape index (κ3) is 1.75. The molecule has 0 aliphatic heterocycles. The minimum Gasteiger partial charge on any atom is -0.396 e. The largest absolute Gasteiger partial charge is 0.396 e. The van der Waals surface area contributed by atoms with Crippen molar-refractivity contribution in [1.82, 2.24) is 4.90 Å². The van der Waals surface area contributed by atoms with E-state index < -0.39 is 0 Å². The highest BCUT2D eigenvalue weighted by Gasteiger charge is 2.61. The molecule has 1 amide bonds. The van der Waals surface area contributed by atoms with Crippen LogP contribution >= 0.6 is 0 Å². The fraction of sp³-hybridized carbons (Fsp3) is 0.923. The monoisotopic (exact) mass is 227 g/mol. The lowest BCUT2D eigenvalue weighted by molar-refractivity contribution is -0.189. The van der Waals surface area contributed by atoms with Crippen molar-refractivity contribution >= 4 is 5.91 Å². The van der Waals surface area contributed by atoms with E-state index >= 15 is 0 Å². The Labute approximate surface area is 98.8 Å². The van der Waals surface area contributed by atoms with E-state index in [1.807, 2.05) is 0 Å². The minimum atomic E-state index is 0.110. The van der Waals surface area contributed by atoms with Crippen molar-refractivity contribution in [3.63, 3.8) is 0 Å². The topological polar surface area (TPSA) is 40.5 Å². The molecule has 16 heavy (non-hydrogen) atoms. The summed E-state index contributed by atoms with van der Waals surface area (Å²) in [7, 11) is 3.57. The average molecular weight is 227 g/mol. The van der Waals surface area contributed by atoms with Crippen LogP contribution in [-0.2, 0) is 4.79 Å². The molecule has 0 heterocycles. The number of hydrogen-bond donors (Lipinski definition) is 1. The molecule has 1 aliphatic rings. The van der Waals surface area contributed by atoms with Crippen molar-refractivity contribution in [2.24, 2.45) is 22.7 Å². The second kappa shape index (κ2) is 4.02. The summed E-state index contributed by atoms with van der Waals surface area (Å²) >= 11 is 0. The van der Waals surface area contributed by atoms with E-state index in [0.29, 0.717) is 12.3 Å². The zero-order chi connectivity index (χ0) is 12.7. The summed E-state index contributed by atoms with van der Waals surface area (Å²) in [5, 5.41) is 9.45. The first-order valence-corrected chi connectivity index (χ1v) is 5.97. The number of aliphatic hydroxyl groups excluding tert-OH is 1. The summed E-state index contributed by atoms with van der Waals surface area (Å²) in [6.07, 6.45) is 0.550. The van der Waals surface area contributed by atoms with Crippen molar-refractivity contribution in [2.75, 3.05) is 20.7 Å². The molecule has 1 N–H and O–H groups in total. The van der Waals surface area contributed by atoms with Crippen LogP contribution in [0, 0.1) is 22.7 Å². The maximum Gasteiger partial charge on any atom is 0.222 e. The van der Waals surface area contributed by atoms with Gasteiger partial charge in [-0.1, -0.05) is 27.7 Å². The van der Waals surface area contributed by atoms with Crippen LogP contribution in [0.3, 0.4) is 0 Å². The highest BCUT2D eigenvalue weighted by molar-refractivity contribution is 5.76. The molecule has 1 aliphatic carbocycles. The van der Waals surface area contributed by atoms with Crippen molar-refractivity contribution < 1.29 is 9.90 Å². The highest BCUT2D eigenvalue weighted by Crippen LogP contribution is 2.64. The summed E-state index contributed by atoms with van der Waals surface area (Å²) in [6.45, 7) is 8.95. The molecule has 94 valence electrons. The maximum atomic E-state index is 11.8. The molecule has 0 spiro atoms. The van der Waals surface area contributed by atoms with Crippen molar-refractivity contribution in [3.05, 3.63) is 0 Å². The molecule has 1 saturated carbocycles. The normalized spacial score (nSPS) is 30.7. The third-order valence-electron chi connectivity index (χ3n) is 5.09. The lowest BCUT2D eigenvalue weighted by atomic mass is 9.40. The SMILES string of the molecule is CN(C)C(=O)C[C@H]1[C@H](CO)C(C)(C)C1(C)C. The van der Waals surface area contributed by atoms with Crippen LogP contribution in [0.1, 0.15) is 34.1 Å². The zero-order valence-electron chi connectivity index (χ0n) is 11.4. The van der Waals surface area contributed by atoms with Gasteiger partial charge in [-0.15, -0.1) is 0 Å². The lowest BCUT2D eigenvalue weighted by Crippen LogP contribution is -2.61. The summed E-state index contributed by atoms with van der Waals surface area (Å²) in [6, 6.07) is 0. The molecule has 0 bridgehead atoms. The number of carbonyl (C=O) groups is 1. The molecule has 2 atom stereocenters. The number of rotatable bonds is 3. The molecule has 1 fully saturated rings. The van der Waals surface area contributed by atoms with E-state index in [0.717, 1.165) is 0 Å². The van der Waals surface area contributed by atoms with Gasteiger partial charge in [-0.3, -0.25) is 4.79 Å². The Morgan fingerprint density at radius 2 is 1.56 bits per heavy atom. The Bertz CT molecular complexity index is 282. The number of amides is 1. The van der Waals surface area contributed by atoms with Gasteiger partial charge in [0.25, 0.3) is 0 Å². The Balaban J connectivity index is 2.78. The number of hydrogen-bond acceptors (Lipinski definition) is 2. The molecule has 0 unspecified atom stereocenters. The first-order valence-electron chi connectivity index (χ1n) is 5.97. The van der Waals surface area contributed by atoms with Crippen molar-refractivity contribution in [2.45, 2.75) is 34.1 Å². The molecule has 0 saturated heterocycles. The van der Waals surface area contributed by atoms with Gasteiger partial charge >= 0.3 is 0 Å². The Morgan fingerprint density at radius 3 is 1.94 bits per heavy atom. The van der Waals surface area contributed by atoms with Crippen LogP contribution in [-0.4, -0.2) is 36.6 Å². The molecule has 3 heteroatoms. The molecule has 0 aromatic rings. The number of carbonyl (C=O) groups excluding carboxylic acids is 1. The Morgan fingerprint density at radius 1 is 1.12 bits per heavy atom. The molecular weight excluding hydrogens is 202 g/mol. The van der Waals surface area contributed by atoms with Gasteiger partial charge in [0.05, 0.1) is 0 Å². The number of aliphatic hydroxyl groups is 1. The van der Waals surface area contributed by atoms with Crippen LogP contribution < -0.4 is 0 Å². The molecular formula is C13H25NO2. The predicted molar refractivity (Wildman–Crippen MR) is 64.9 cm³/mol. The second-order valence-corrected chi connectivity index (χ2v) is 6.33. The third-order valence-corrected chi connectivity index (χ3v) is 5.09. The smallest absolute Gasteiger partial charge is 0.222 e. The van der Waals surface area contributed by atoms with Crippen LogP contribution in [0.5, 0.6) is 0 Å². The molecule has 0 radical (unpaired) electrons. The van der Waals surface area contributed by atoms with Crippen LogP contribution in [0.15, 0.2) is 0 Å². The maximum absolute atomic E-state index is 11.8. The minimum absolute atomic E-state index is 0.110. The van der Waals surface area contributed by atoms with E-state index in [1.165, 1.54) is 0 Å². The van der Waals surface area contributed by atoms with Gasteiger partial charge in [0.2, 0.25) is 5.91 Å². The molecule has 1 rings (SSSR count). The standard InChI is InChI=1S/C13H25NO2/c1-12(2)9(7-11(16)14(5)6)10(8-15)13(12,3)4/h9-10,15H,7-8H2,1-6H3/t9-,10-/m0/s1. The fourth-order valence-electron chi connectivity index (χ4n) is 2.99. The van der Waals surface area contributed by atoms with Crippen molar-refractivity contribution in [3.8, 4) is 0 Å². The van der Waals surface area contributed by atoms with E-state index in [4.69, 9.17) is 0 Å². The average Bonchev–Trinajstić information content (AvgIpc) is 2.16. The van der Waals surface area contributed by atoms with Gasteiger partial charge in [-0.25, -0.2) is 0 Å². The molecule has 3 nitrogen and oxygen atoms in total.